The maximum atomic E-state index is 11.9. The minimum absolute atomic E-state index is 0.162. The van der Waals surface area contributed by atoms with Gasteiger partial charge >= 0.3 is 0 Å². The van der Waals surface area contributed by atoms with Crippen molar-refractivity contribution in [3.63, 3.8) is 0 Å². The van der Waals surface area contributed by atoms with Crippen LogP contribution in [0.3, 0.4) is 0 Å². The van der Waals surface area contributed by atoms with Gasteiger partial charge in [0.05, 0.1) is 18.2 Å². The summed E-state index contributed by atoms with van der Waals surface area (Å²) in [6.07, 6.45) is 4.54. The van der Waals surface area contributed by atoms with Gasteiger partial charge in [-0.2, -0.15) is 0 Å². The average Bonchev–Trinajstić information content (AvgIpc) is 3.30. The molecule has 0 radical (unpaired) electrons. The van der Waals surface area contributed by atoms with Gasteiger partial charge < -0.3 is 10.1 Å². The summed E-state index contributed by atoms with van der Waals surface area (Å²) in [6, 6.07) is 8.00. The van der Waals surface area contributed by atoms with Crippen LogP contribution in [0.1, 0.15) is 25.7 Å². The summed E-state index contributed by atoms with van der Waals surface area (Å²) in [7, 11) is 0. The molecule has 1 aromatic rings. The van der Waals surface area contributed by atoms with Crippen molar-refractivity contribution in [3.8, 4) is 5.75 Å². The molecular formula is C17H23ClN2O2. The molecule has 120 valence electrons. The number of carbonyl (C=O) groups excluding carboxylic acids is 1. The first kappa shape index (κ1) is 15.6. The Kier molecular flexibility index (Phi) is 5.21. The van der Waals surface area contributed by atoms with E-state index in [1.165, 1.54) is 0 Å². The zero-order valence-corrected chi connectivity index (χ0v) is 13.5. The van der Waals surface area contributed by atoms with Crippen LogP contribution < -0.4 is 10.1 Å². The van der Waals surface area contributed by atoms with E-state index < -0.39 is 0 Å². The number of nitrogens with zero attached hydrogens (tertiary/aromatic N) is 1. The quantitative estimate of drug-likeness (QED) is 0.875. The molecule has 22 heavy (non-hydrogen) atoms. The number of rotatable bonds is 6. The van der Waals surface area contributed by atoms with Gasteiger partial charge in [-0.3, -0.25) is 9.69 Å². The first-order chi connectivity index (χ1) is 10.7. The van der Waals surface area contributed by atoms with Crippen molar-refractivity contribution in [1.29, 1.82) is 0 Å². The molecule has 1 saturated heterocycles. The summed E-state index contributed by atoms with van der Waals surface area (Å²) in [5.74, 6) is 1.36. The molecular weight excluding hydrogens is 300 g/mol. The van der Waals surface area contributed by atoms with E-state index in [0.717, 1.165) is 44.5 Å². The number of halogens is 1. The molecule has 2 fully saturated rings. The van der Waals surface area contributed by atoms with E-state index >= 15 is 0 Å². The van der Waals surface area contributed by atoms with Crippen LogP contribution in [-0.4, -0.2) is 43.1 Å². The molecule has 3 rings (SSSR count). The largest absolute Gasteiger partial charge is 0.492 e. The monoisotopic (exact) mass is 322 g/mol. The topological polar surface area (TPSA) is 41.6 Å². The van der Waals surface area contributed by atoms with Crippen molar-refractivity contribution in [2.24, 2.45) is 5.92 Å². The van der Waals surface area contributed by atoms with Gasteiger partial charge in [0.1, 0.15) is 5.75 Å². The fourth-order valence-electron chi connectivity index (χ4n) is 2.90. The Morgan fingerprint density at radius 2 is 2.14 bits per heavy atom. The Balaban J connectivity index is 1.44. The third-order valence-electron chi connectivity index (χ3n) is 4.22. The van der Waals surface area contributed by atoms with Crippen LogP contribution in [0.2, 0.25) is 5.02 Å². The summed E-state index contributed by atoms with van der Waals surface area (Å²) in [4.78, 5) is 14.1. The van der Waals surface area contributed by atoms with Crippen LogP contribution in [0.5, 0.6) is 5.75 Å². The van der Waals surface area contributed by atoms with E-state index in [1.54, 1.807) is 0 Å². The number of carbonyl (C=O) groups is 1. The van der Waals surface area contributed by atoms with Crippen LogP contribution in [0, 0.1) is 5.92 Å². The number of ether oxygens (including phenoxy) is 1. The molecule has 1 unspecified atom stereocenters. The number of benzene rings is 1. The normalized spacial score (nSPS) is 22.3. The fraction of sp³-hybridized carbons (Fsp3) is 0.588. The molecule has 1 amide bonds. The number of hydrogen-bond donors (Lipinski definition) is 1. The van der Waals surface area contributed by atoms with Crippen molar-refractivity contribution >= 4 is 17.5 Å². The summed E-state index contributed by atoms with van der Waals surface area (Å²) in [5.41, 5.74) is 0. The Morgan fingerprint density at radius 3 is 2.91 bits per heavy atom. The summed E-state index contributed by atoms with van der Waals surface area (Å²) in [6.45, 7) is 3.09. The first-order valence-corrected chi connectivity index (χ1v) is 8.47. The van der Waals surface area contributed by atoms with E-state index in [-0.39, 0.29) is 5.91 Å². The van der Waals surface area contributed by atoms with Crippen LogP contribution in [-0.2, 0) is 4.79 Å². The second kappa shape index (κ2) is 7.34. The first-order valence-electron chi connectivity index (χ1n) is 8.10. The van der Waals surface area contributed by atoms with Gasteiger partial charge in [0, 0.05) is 18.5 Å². The third kappa shape index (κ3) is 4.62. The third-order valence-corrected chi connectivity index (χ3v) is 4.54. The molecule has 0 spiro atoms. The maximum Gasteiger partial charge on any atom is 0.234 e. The minimum Gasteiger partial charge on any atom is -0.492 e. The maximum absolute atomic E-state index is 11.9. The summed E-state index contributed by atoms with van der Waals surface area (Å²) < 4.78 is 5.84. The molecule has 1 aliphatic carbocycles. The molecule has 0 aromatic heterocycles. The van der Waals surface area contributed by atoms with Gasteiger partial charge in [-0.15, -0.1) is 0 Å². The smallest absolute Gasteiger partial charge is 0.234 e. The van der Waals surface area contributed by atoms with E-state index in [4.69, 9.17) is 16.3 Å². The van der Waals surface area contributed by atoms with E-state index in [9.17, 15) is 4.79 Å². The Labute approximate surface area is 136 Å². The lowest BCUT2D eigenvalue weighted by Crippen LogP contribution is -2.44. The van der Waals surface area contributed by atoms with Crippen LogP contribution in [0.4, 0.5) is 0 Å². The standard InChI is InChI=1S/C17H23ClN2O2/c18-15-5-1-2-6-16(15)22-12-13-4-3-9-20(10-13)11-17(21)19-14-7-8-14/h1-2,5-6,13-14H,3-4,7-12H2,(H,19,21). The van der Waals surface area contributed by atoms with Crippen molar-refractivity contribution in [1.82, 2.24) is 10.2 Å². The molecule has 1 aromatic carbocycles. The van der Waals surface area contributed by atoms with Gasteiger partial charge in [0.25, 0.3) is 0 Å². The molecule has 1 atom stereocenters. The van der Waals surface area contributed by atoms with Crippen molar-refractivity contribution < 1.29 is 9.53 Å². The van der Waals surface area contributed by atoms with Crippen molar-refractivity contribution in [2.45, 2.75) is 31.7 Å². The van der Waals surface area contributed by atoms with Gasteiger partial charge in [-0.25, -0.2) is 0 Å². The van der Waals surface area contributed by atoms with Crippen molar-refractivity contribution in [3.05, 3.63) is 29.3 Å². The zero-order chi connectivity index (χ0) is 15.4. The molecule has 1 N–H and O–H groups in total. The second-order valence-electron chi connectivity index (χ2n) is 6.33. The van der Waals surface area contributed by atoms with E-state index in [2.05, 4.69) is 10.2 Å². The molecule has 0 bridgehead atoms. The van der Waals surface area contributed by atoms with Crippen molar-refractivity contribution in [2.75, 3.05) is 26.2 Å². The number of para-hydroxylation sites is 1. The zero-order valence-electron chi connectivity index (χ0n) is 12.8. The van der Waals surface area contributed by atoms with E-state index in [0.29, 0.717) is 30.1 Å². The van der Waals surface area contributed by atoms with Crippen LogP contribution >= 0.6 is 11.6 Å². The number of hydrogen-bond acceptors (Lipinski definition) is 3. The van der Waals surface area contributed by atoms with Gasteiger partial charge in [0.2, 0.25) is 5.91 Å². The molecule has 4 nitrogen and oxygen atoms in total. The van der Waals surface area contributed by atoms with E-state index in [1.807, 2.05) is 24.3 Å². The minimum atomic E-state index is 0.162. The van der Waals surface area contributed by atoms with Gasteiger partial charge in [-0.05, 0) is 44.4 Å². The number of amides is 1. The average molecular weight is 323 g/mol. The predicted molar refractivity (Wildman–Crippen MR) is 87.3 cm³/mol. The highest BCUT2D eigenvalue weighted by Crippen LogP contribution is 2.25. The highest BCUT2D eigenvalue weighted by Gasteiger charge is 2.26. The predicted octanol–water partition coefficient (Wildman–Crippen LogP) is 2.71. The molecule has 2 aliphatic rings. The van der Waals surface area contributed by atoms with Gasteiger partial charge in [-0.1, -0.05) is 23.7 Å². The Bertz CT molecular complexity index is 519. The molecule has 5 heteroatoms. The second-order valence-corrected chi connectivity index (χ2v) is 6.73. The summed E-state index contributed by atoms with van der Waals surface area (Å²) in [5, 5.41) is 3.70. The lowest BCUT2D eigenvalue weighted by Gasteiger charge is -2.32. The Hall–Kier alpha value is -1.26. The van der Waals surface area contributed by atoms with Crippen LogP contribution in [0.25, 0.3) is 0 Å². The lowest BCUT2D eigenvalue weighted by atomic mass is 9.99. The number of likely N-dealkylation sites (tertiary alicyclic amines) is 1. The van der Waals surface area contributed by atoms with Gasteiger partial charge in [0.15, 0.2) is 0 Å². The highest BCUT2D eigenvalue weighted by atomic mass is 35.5. The Morgan fingerprint density at radius 1 is 1.32 bits per heavy atom. The SMILES string of the molecule is O=C(CN1CCCC(COc2ccccc2Cl)C1)NC1CC1. The molecule has 1 aliphatic heterocycles. The summed E-state index contributed by atoms with van der Waals surface area (Å²) >= 11 is 6.11. The number of nitrogens with one attached hydrogen (secondary N) is 1. The fourth-order valence-corrected chi connectivity index (χ4v) is 3.09. The highest BCUT2D eigenvalue weighted by molar-refractivity contribution is 6.32. The number of piperidine rings is 1. The molecule has 1 saturated carbocycles. The lowest BCUT2D eigenvalue weighted by molar-refractivity contribution is -0.122. The van der Waals surface area contributed by atoms with Crippen LogP contribution in [0.15, 0.2) is 24.3 Å². The molecule has 1 heterocycles.